The summed E-state index contributed by atoms with van der Waals surface area (Å²) in [6.45, 7) is 0.521. The molecular weight excluding hydrogens is 316 g/mol. The van der Waals surface area contributed by atoms with E-state index in [2.05, 4.69) is 10.3 Å². The number of hydrogen-bond donors (Lipinski definition) is 1. The van der Waals surface area contributed by atoms with Gasteiger partial charge in [0, 0.05) is 21.9 Å². The van der Waals surface area contributed by atoms with Crippen LogP contribution in [0.1, 0.15) is 37.1 Å². The number of rotatable bonds is 4. The summed E-state index contributed by atoms with van der Waals surface area (Å²) in [5.41, 5.74) is 1.98. The van der Waals surface area contributed by atoms with Gasteiger partial charge in [-0.25, -0.2) is 4.98 Å². The van der Waals surface area contributed by atoms with Crippen molar-refractivity contribution in [1.29, 1.82) is 0 Å². The summed E-state index contributed by atoms with van der Waals surface area (Å²) in [7, 11) is 0. The SMILES string of the molecule is O=C(NCc1nc(-c2ccc(Cl)cc2)cs1)C1CCCCC1. The maximum absolute atomic E-state index is 12.1. The van der Waals surface area contributed by atoms with E-state index in [9.17, 15) is 4.79 Å². The topological polar surface area (TPSA) is 42.0 Å². The number of aromatic nitrogens is 1. The molecule has 2 aromatic rings. The van der Waals surface area contributed by atoms with Crippen molar-refractivity contribution in [3.63, 3.8) is 0 Å². The fourth-order valence-corrected chi connectivity index (χ4v) is 3.69. The molecule has 0 atom stereocenters. The van der Waals surface area contributed by atoms with Crippen molar-refractivity contribution >= 4 is 28.8 Å². The smallest absolute Gasteiger partial charge is 0.223 e. The highest BCUT2D eigenvalue weighted by atomic mass is 35.5. The number of nitrogens with zero attached hydrogens (tertiary/aromatic N) is 1. The minimum Gasteiger partial charge on any atom is -0.349 e. The number of carbonyl (C=O) groups excluding carboxylic acids is 1. The normalized spacial score (nSPS) is 15.7. The third kappa shape index (κ3) is 3.87. The minimum absolute atomic E-state index is 0.183. The maximum Gasteiger partial charge on any atom is 0.223 e. The molecule has 1 aliphatic carbocycles. The molecule has 1 heterocycles. The first-order chi connectivity index (χ1) is 10.7. The standard InChI is InChI=1S/C17H19ClN2OS/c18-14-8-6-12(7-9-14)15-11-22-16(20-15)10-19-17(21)13-4-2-1-3-5-13/h6-9,11,13H,1-5,10H2,(H,19,21). The number of halogens is 1. The van der Waals surface area contributed by atoms with Crippen molar-refractivity contribution in [1.82, 2.24) is 10.3 Å². The molecule has 1 saturated carbocycles. The van der Waals surface area contributed by atoms with Crippen LogP contribution < -0.4 is 5.32 Å². The largest absolute Gasteiger partial charge is 0.349 e. The van der Waals surface area contributed by atoms with E-state index >= 15 is 0 Å². The Balaban J connectivity index is 1.57. The Morgan fingerprint density at radius 2 is 1.95 bits per heavy atom. The third-order valence-corrected chi connectivity index (χ3v) is 5.18. The highest BCUT2D eigenvalue weighted by Crippen LogP contribution is 2.25. The van der Waals surface area contributed by atoms with Crippen molar-refractivity contribution in [2.45, 2.75) is 38.6 Å². The zero-order valence-electron chi connectivity index (χ0n) is 12.3. The lowest BCUT2D eigenvalue weighted by molar-refractivity contribution is -0.126. The molecule has 0 radical (unpaired) electrons. The van der Waals surface area contributed by atoms with Crippen LogP contribution >= 0.6 is 22.9 Å². The van der Waals surface area contributed by atoms with Gasteiger partial charge in [-0.3, -0.25) is 4.79 Å². The average Bonchev–Trinajstić information content (AvgIpc) is 3.03. The van der Waals surface area contributed by atoms with Crippen LogP contribution in [0.15, 0.2) is 29.6 Å². The zero-order chi connectivity index (χ0) is 15.4. The van der Waals surface area contributed by atoms with Gasteiger partial charge < -0.3 is 5.32 Å². The summed E-state index contributed by atoms with van der Waals surface area (Å²) < 4.78 is 0. The lowest BCUT2D eigenvalue weighted by Crippen LogP contribution is -2.31. The summed E-state index contributed by atoms with van der Waals surface area (Å²) in [6.07, 6.45) is 5.67. The molecule has 1 aliphatic rings. The van der Waals surface area contributed by atoms with Crippen molar-refractivity contribution in [2.24, 2.45) is 5.92 Å². The van der Waals surface area contributed by atoms with E-state index in [1.54, 1.807) is 11.3 Å². The Bertz CT molecular complexity index is 632. The van der Waals surface area contributed by atoms with E-state index < -0.39 is 0 Å². The lowest BCUT2D eigenvalue weighted by atomic mass is 9.89. The fourth-order valence-electron chi connectivity index (χ4n) is 2.82. The third-order valence-electron chi connectivity index (χ3n) is 4.08. The van der Waals surface area contributed by atoms with Crippen molar-refractivity contribution in [3.8, 4) is 11.3 Å². The highest BCUT2D eigenvalue weighted by Gasteiger charge is 2.20. The first-order valence-corrected chi connectivity index (χ1v) is 8.96. The molecule has 1 aromatic carbocycles. The van der Waals surface area contributed by atoms with E-state index in [1.807, 2.05) is 29.6 Å². The molecule has 1 fully saturated rings. The van der Waals surface area contributed by atoms with Crippen LogP contribution in [0.25, 0.3) is 11.3 Å². The molecule has 0 bridgehead atoms. The number of nitrogens with one attached hydrogen (secondary N) is 1. The van der Waals surface area contributed by atoms with Gasteiger partial charge in [-0.2, -0.15) is 0 Å². The Morgan fingerprint density at radius 3 is 2.68 bits per heavy atom. The van der Waals surface area contributed by atoms with E-state index in [-0.39, 0.29) is 11.8 Å². The molecule has 5 heteroatoms. The number of amides is 1. The van der Waals surface area contributed by atoms with Gasteiger partial charge in [0.2, 0.25) is 5.91 Å². The van der Waals surface area contributed by atoms with E-state index in [0.29, 0.717) is 6.54 Å². The zero-order valence-corrected chi connectivity index (χ0v) is 13.9. The number of thiazole rings is 1. The minimum atomic E-state index is 0.183. The summed E-state index contributed by atoms with van der Waals surface area (Å²) in [5.74, 6) is 0.382. The van der Waals surface area contributed by atoms with Crippen LogP contribution in [0.5, 0.6) is 0 Å². The molecule has 3 nitrogen and oxygen atoms in total. The van der Waals surface area contributed by atoms with Crippen LogP contribution in [0.4, 0.5) is 0 Å². The molecule has 0 saturated heterocycles. The quantitative estimate of drug-likeness (QED) is 0.883. The Morgan fingerprint density at radius 1 is 1.23 bits per heavy atom. The first kappa shape index (κ1) is 15.5. The van der Waals surface area contributed by atoms with Gasteiger partial charge in [-0.05, 0) is 25.0 Å². The van der Waals surface area contributed by atoms with Crippen molar-refractivity contribution < 1.29 is 4.79 Å². The van der Waals surface area contributed by atoms with Crippen LogP contribution in [-0.2, 0) is 11.3 Å². The molecule has 0 spiro atoms. The van der Waals surface area contributed by atoms with Crippen LogP contribution in [0.2, 0.25) is 5.02 Å². The summed E-state index contributed by atoms with van der Waals surface area (Å²) in [6, 6.07) is 7.64. The van der Waals surface area contributed by atoms with Crippen LogP contribution in [0, 0.1) is 5.92 Å². The Kier molecular flexibility index (Phi) is 5.11. The molecule has 116 valence electrons. The molecule has 1 amide bonds. The molecule has 1 N–H and O–H groups in total. The summed E-state index contributed by atoms with van der Waals surface area (Å²) >= 11 is 7.48. The van der Waals surface area contributed by atoms with Gasteiger partial charge in [-0.15, -0.1) is 11.3 Å². The molecular formula is C17H19ClN2OS. The molecule has 0 unspecified atom stereocenters. The van der Waals surface area contributed by atoms with Gasteiger partial charge in [-0.1, -0.05) is 43.0 Å². The summed E-state index contributed by atoms with van der Waals surface area (Å²) in [5, 5.41) is 6.71. The highest BCUT2D eigenvalue weighted by molar-refractivity contribution is 7.09. The van der Waals surface area contributed by atoms with Crippen molar-refractivity contribution in [3.05, 3.63) is 39.7 Å². The second-order valence-corrected chi connectivity index (χ2v) is 7.07. The monoisotopic (exact) mass is 334 g/mol. The Hall–Kier alpha value is -1.39. The fraction of sp³-hybridized carbons (Fsp3) is 0.412. The van der Waals surface area contributed by atoms with E-state index in [1.165, 1.54) is 19.3 Å². The average molecular weight is 335 g/mol. The predicted octanol–water partition coefficient (Wildman–Crippen LogP) is 4.66. The second-order valence-electron chi connectivity index (χ2n) is 5.69. The molecule has 0 aliphatic heterocycles. The van der Waals surface area contributed by atoms with Gasteiger partial charge in [0.25, 0.3) is 0 Å². The first-order valence-electron chi connectivity index (χ1n) is 7.70. The van der Waals surface area contributed by atoms with Gasteiger partial charge in [0.15, 0.2) is 0 Å². The van der Waals surface area contributed by atoms with E-state index in [4.69, 9.17) is 11.6 Å². The number of benzene rings is 1. The number of hydrogen-bond acceptors (Lipinski definition) is 3. The maximum atomic E-state index is 12.1. The Labute approximate surface area is 139 Å². The van der Waals surface area contributed by atoms with Crippen LogP contribution in [-0.4, -0.2) is 10.9 Å². The van der Waals surface area contributed by atoms with Gasteiger partial charge in [0.05, 0.1) is 12.2 Å². The molecule has 3 rings (SSSR count). The van der Waals surface area contributed by atoms with Crippen LogP contribution in [0.3, 0.4) is 0 Å². The van der Waals surface area contributed by atoms with Gasteiger partial charge >= 0.3 is 0 Å². The summed E-state index contributed by atoms with van der Waals surface area (Å²) in [4.78, 5) is 16.7. The molecule has 1 aromatic heterocycles. The lowest BCUT2D eigenvalue weighted by Gasteiger charge is -2.20. The second kappa shape index (κ2) is 7.25. The van der Waals surface area contributed by atoms with Crippen molar-refractivity contribution in [2.75, 3.05) is 0 Å². The van der Waals surface area contributed by atoms with Gasteiger partial charge in [0.1, 0.15) is 5.01 Å². The molecule has 22 heavy (non-hydrogen) atoms. The number of carbonyl (C=O) groups is 1. The predicted molar refractivity (Wildman–Crippen MR) is 91.0 cm³/mol. The van der Waals surface area contributed by atoms with E-state index in [0.717, 1.165) is 34.1 Å².